The first-order valence-electron chi connectivity index (χ1n) is 12.3. The van der Waals surface area contributed by atoms with Gasteiger partial charge in [-0.1, -0.05) is 45.0 Å². The maximum atomic E-state index is 13.1. The fraction of sp³-hybridized carbons (Fsp3) is 0.379. The Morgan fingerprint density at radius 2 is 1.49 bits per heavy atom. The number of halogens is 3. The zero-order chi connectivity index (χ0) is 25.1. The molecule has 35 heavy (non-hydrogen) atoms. The number of fused-ring (bicyclic) bond motifs is 5. The summed E-state index contributed by atoms with van der Waals surface area (Å²) in [5, 5.41) is 0. The Bertz CT molecular complexity index is 1240. The minimum absolute atomic E-state index is 0.0534. The molecule has 0 N–H and O–H groups in total. The van der Waals surface area contributed by atoms with Gasteiger partial charge in [0.1, 0.15) is 11.9 Å². The number of para-hydroxylation sites is 1. The Morgan fingerprint density at radius 3 is 2.11 bits per heavy atom. The molecular weight excluding hydrogens is 449 g/mol. The molecule has 0 fully saturated rings. The lowest BCUT2D eigenvalue weighted by atomic mass is 9.63. The SMILES string of the molecule is CCC1(CC)c2ccccc2N2c3ccc(OC(F)(F)F)cc3N(c3cc(C)cc(C)c3)C2C1C. The van der Waals surface area contributed by atoms with E-state index in [0.717, 1.165) is 46.7 Å². The van der Waals surface area contributed by atoms with E-state index in [1.54, 1.807) is 6.07 Å². The van der Waals surface area contributed by atoms with Gasteiger partial charge < -0.3 is 14.5 Å². The van der Waals surface area contributed by atoms with Gasteiger partial charge in [0.2, 0.25) is 0 Å². The van der Waals surface area contributed by atoms with Crippen LogP contribution in [0.5, 0.6) is 5.75 Å². The topological polar surface area (TPSA) is 15.7 Å². The van der Waals surface area contributed by atoms with Gasteiger partial charge in [0, 0.05) is 28.8 Å². The van der Waals surface area contributed by atoms with Crippen LogP contribution >= 0.6 is 0 Å². The van der Waals surface area contributed by atoms with Crippen LogP contribution in [0.25, 0.3) is 0 Å². The number of rotatable bonds is 4. The molecule has 0 bridgehead atoms. The van der Waals surface area contributed by atoms with Crippen molar-refractivity contribution in [2.75, 3.05) is 9.80 Å². The van der Waals surface area contributed by atoms with Crippen molar-refractivity contribution < 1.29 is 17.9 Å². The van der Waals surface area contributed by atoms with Crippen LogP contribution in [-0.2, 0) is 5.41 Å². The molecule has 0 aliphatic carbocycles. The molecule has 0 aromatic heterocycles. The van der Waals surface area contributed by atoms with Crippen molar-refractivity contribution in [2.45, 2.75) is 65.4 Å². The first kappa shape index (κ1) is 23.6. The molecule has 0 spiro atoms. The van der Waals surface area contributed by atoms with Gasteiger partial charge in [0.25, 0.3) is 0 Å². The van der Waals surface area contributed by atoms with Crippen molar-refractivity contribution in [3.63, 3.8) is 0 Å². The summed E-state index contributed by atoms with van der Waals surface area (Å²) in [5.41, 5.74) is 7.20. The monoisotopic (exact) mass is 480 g/mol. The van der Waals surface area contributed by atoms with Crippen LogP contribution in [0.4, 0.5) is 35.9 Å². The van der Waals surface area contributed by atoms with Gasteiger partial charge in [-0.15, -0.1) is 13.2 Å². The number of aryl methyl sites for hydroxylation is 2. The maximum absolute atomic E-state index is 13.1. The van der Waals surface area contributed by atoms with Crippen LogP contribution < -0.4 is 14.5 Å². The summed E-state index contributed by atoms with van der Waals surface area (Å²) in [6.45, 7) is 10.9. The first-order chi connectivity index (χ1) is 16.6. The molecule has 0 saturated heterocycles. The molecule has 2 aliphatic rings. The number of anilines is 4. The van der Waals surface area contributed by atoms with Gasteiger partial charge in [-0.25, -0.2) is 0 Å². The van der Waals surface area contributed by atoms with Crippen LogP contribution in [0, 0.1) is 19.8 Å². The minimum Gasteiger partial charge on any atom is -0.406 e. The van der Waals surface area contributed by atoms with Crippen molar-refractivity contribution in [1.29, 1.82) is 0 Å². The predicted molar refractivity (Wildman–Crippen MR) is 135 cm³/mol. The Morgan fingerprint density at radius 1 is 0.829 bits per heavy atom. The number of alkyl halides is 3. The number of hydrogen-bond donors (Lipinski definition) is 0. The average Bonchev–Trinajstić information content (AvgIpc) is 3.13. The lowest BCUT2D eigenvalue weighted by molar-refractivity contribution is -0.274. The van der Waals surface area contributed by atoms with E-state index in [1.165, 1.54) is 17.7 Å². The van der Waals surface area contributed by atoms with E-state index < -0.39 is 6.36 Å². The molecule has 3 nitrogen and oxygen atoms in total. The molecule has 3 aromatic rings. The third kappa shape index (κ3) is 3.65. The van der Waals surface area contributed by atoms with Crippen LogP contribution in [0.15, 0.2) is 60.7 Å². The zero-order valence-corrected chi connectivity index (χ0v) is 20.8. The lowest BCUT2D eigenvalue weighted by Gasteiger charge is -2.52. The summed E-state index contributed by atoms with van der Waals surface area (Å²) in [5.74, 6) is -0.00346. The smallest absolute Gasteiger partial charge is 0.406 e. The highest BCUT2D eigenvalue weighted by Crippen LogP contribution is 2.60. The van der Waals surface area contributed by atoms with Crippen LogP contribution in [0.3, 0.4) is 0 Å². The van der Waals surface area contributed by atoms with Crippen LogP contribution in [-0.4, -0.2) is 12.5 Å². The lowest BCUT2D eigenvalue weighted by Crippen LogP contribution is -2.55. The van der Waals surface area contributed by atoms with Crippen molar-refractivity contribution in [3.8, 4) is 5.75 Å². The van der Waals surface area contributed by atoms with Gasteiger partial charge in [-0.2, -0.15) is 0 Å². The molecular formula is C29H31F3N2O. The third-order valence-corrected chi connectivity index (χ3v) is 7.99. The van der Waals surface area contributed by atoms with E-state index in [4.69, 9.17) is 0 Å². The predicted octanol–water partition coefficient (Wildman–Crippen LogP) is 8.53. The summed E-state index contributed by atoms with van der Waals surface area (Å²) in [7, 11) is 0. The van der Waals surface area contributed by atoms with Crippen molar-refractivity contribution in [3.05, 3.63) is 77.4 Å². The highest BCUT2D eigenvalue weighted by atomic mass is 19.4. The van der Waals surface area contributed by atoms with E-state index in [9.17, 15) is 13.2 Å². The van der Waals surface area contributed by atoms with Crippen LogP contribution in [0.2, 0.25) is 0 Å². The summed E-state index contributed by atoms with van der Waals surface area (Å²) < 4.78 is 43.7. The van der Waals surface area contributed by atoms with E-state index in [2.05, 4.69) is 85.6 Å². The molecule has 6 heteroatoms. The molecule has 0 amide bonds. The number of benzene rings is 3. The Hall–Kier alpha value is -3.15. The maximum Gasteiger partial charge on any atom is 0.573 e. The van der Waals surface area contributed by atoms with Gasteiger partial charge in [-0.05, 0) is 73.7 Å². The second kappa shape index (κ2) is 8.21. The molecule has 2 aliphatic heterocycles. The summed E-state index contributed by atoms with van der Waals surface area (Å²) in [6.07, 6.45) is -2.87. The molecule has 5 rings (SSSR count). The van der Waals surface area contributed by atoms with Crippen LogP contribution in [0.1, 0.15) is 50.3 Å². The number of hydrogen-bond acceptors (Lipinski definition) is 3. The molecule has 2 heterocycles. The van der Waals surface area contributed by atoms with E-state index in [1.807, 2.05) is 6.07 Å². The molecule has 3 aromatic carbocycles. The highest BCUT2D eigenvalue weighted by Gasteiger charge is 2.53. The summed E-state index contributed by atoms with van der Waals surface area (Å²) >= 11 is 0. The molecule has 2 atom stereocenters. The van der Waals surface area contributed by atoms with Gasteiger partial charge in [-0.3, -0.25) is 0 Å². The number of nitrogens with zero attached hydrogens (tertiary/aromatic N) is 2. The fourth-order valence-electron chi connectivity index (χ4n) is 6.51. The summed E-state index contributed by atoms with van der Waals surface area (Å²) in [6, 6.07) is 19.6. The summed E-state index contributed by atoms with van der Waals surface area (Å²) in [4.78, 5) is 4.53. The largest absolute Gasteiger partial charge is 0.573 e. The van der Waals surface area contributed by atoms with Gasteiger partial charge in [0.05, 0.1) is 11.4 Å². The number of ether oxygens (including phenoxy) is 1. The quantitative estimate of drug-likeness (QED) is 0.372. The molecule has 184 valence electrons. The van der Waals surface area contributed by atoms with Crippen molar-refractivity contribution in [2.24, 2.45) is 5.92 Å². The minimum atomic E-state index is -4.75. The van der Waals surface area contributed by atoms with E-state index in [-0.39, 0.29) is 23.2 Å². The Balaban J connectivity index is 1.79. The molecule has 0 radical (unpaired) electrons. The highest BCUT2D eigenvalue weighted by molar-refractivity contribution is 5.91. The van der Waals surface area contributed by atoms with E-state index in [0.29, 0.717) is 0 Å². The molecule has 0 saturated carbocycles. The first-order valence-corrected chi connectivity index (χ1v) is 12.3. The third-order valence-electron chi connectivity index (χ3n) is 7.99. The Kier molecular flexibility index (Phi) is 5.53. The van der Waals surface area contributed by atoms with Gasteiger partial charge >= 0.3 is 6.36 Å². The van der Waals surface area contributed by atoms with Crippen molar-refractivity contribution in [1.82, 2.24) is 0 Å². The normalized spacial score (nSPS) is 20.3. The van der Waals surface area contributed by atoms with E-state index >= 15 is 0 Å². The second-order valence-electron chi connectivity index (χ2n) is 9.87. The standard InChI is InChI=1S/C29H31F3N2O/c1-6-28(7-2)20(5)27-33(21-15-18(3)14-19(4)16-21)26-17-22(35-29(30,31)32)12-13-25(26)34(27)24-11-9-8-10-23(24)28/h8-17,20,27H,6-7H2,1-5H3. The average molecular weight is 481 g/mol. The Labute approximate surface area is 205 Å². The second-order valence-corrected chi connectivity index (χ2v) is 9.87. The zero-order valence-electron chi connectivity index (χ0n) is 20.8. The molecule has 2 unspecified atom stereocenters. The van der Waals surface area contributed by atoms with Crippen molar-refractivity contribution >= 4 is 22.7 Å². The van der Waals surface area contributed by atoms with Gasteiger partial charge in [0.15, 0.2) is 0 Å². The fourth-order valence-corrected chi connectivity index (χ4v) is 6.51.